The Balaban J connectivity index is 1.30. The average molecular weight is 605 g/mol. The van der Waals surface area contributed by atoms with Gasteiger partial charge in [-0.15, -0.1) is 0 Å². The number of nitrogens with zero attached hydrogens (tertiary/aromatic N) is 2. The Bertz CT molecular complexity index is 1680. The molecular formula is C37H36N2O6. The maximum absolute atomic E-state index is 13.6. The Morgan fingerprint density at radius 3 is 2.31 bits per heavy atom. The molecule has 0 aromatic heterocycles. The summed E-state index contributed by atoms with van der Waals surface area (Å²) in [4.78, 5) is 30.9. The fraction of sp³-hybridized carbons (Fsp3) is 0.243. The molecule has 1 amide bonds. The molecule has 45 heavy (non-hydrogen) atoms. The molecule has 0 bridgehead atoms. The van der Waals surface area contributed by atoms with E-state index in [0.717, 1.165) is 24.2 Å². The first-order valence-corrected chi connectivity index (χ1v) is 15.2. The standard InChI is InChI=1S/C37H36N2O6/c1-26-7-5-8-27(23-26)25-44-30-15-13-28(14-16-30)35(40)33-34(29-9-6-12-32(24-29)45-31-10-3-2-4-11-31)39(37(42)36(33)41)18-17-38-19-21-43-22-20-38/h2-16,23-24,34,40H,17-22,25H2,1H3/b35-33+. The number of aliphatic hydroxyl groups excluding tert-OH is 1. The number of morpholine rings is 1. The summed E-state index contributed by atoms with van der Waals surface area (Å²) in [5.41, 5.74) is 3.35. The SMILES string of the molecule is Cc1cccc(COc2ccc(/C(O)=C3\C(=O)C(=O)N(CCN4CCOCC4)C3c3cccc(Oc4ccccc4)c3)cc2)c1. The van der Waals surface area contributed by atoms with Gasteiger partial charge in [-0.25, -0.2) is 0 Å². The van der Waals surface area contributed by atoms with E-state index in [9.17, 15) is 14.7 Å². The van der Waals surface area contributed by atoms with E-state index >= 15 is 0 Å². The number of amides is 1. The van der Waals surface area contributed by atoms with Crippen LogP contribution in [0.5, 0.6) is 17.2 Å². The number of hydrogen-bond donors (Lipinski definition) is 1. The highest BCUT2D eigenvalue weighted by atomic mass is 16.5. The number of rotatable bonds is 10. The number of ketones is 1. The van der Waals surface area contributed by atoms with Crippen LogP contribution < -0.4 is 9.47 Å². The van der Waals surface area contributed by atoms with Crippen LogP contribution in [-0.2, 0) is 20.9 Å². The summed E-state index contributed by atoms with van der Waals surface area (Å²) in [7, 11) is 0. The number of hydrogen-bond acceptors (Lipinski definition) is 7. The van der Waals surface area contributed by atoms with Gasteiger partial charge in [0, 0.05) is 31.7 Å². The number of likely N-dealkylation sites (tertiary alicyclic amines) is 1. The summed E-state index contributed by atoms with van der Waals surface area (Å²) >= 11 is 0. The van der Waals surface area contributed by atoms with Gasteiger partial charge in [-0.1, -0.05) is 60.2 Å². The lowest BCUT2D eigenvalue weighted by atomic mass is 9.95. The van der Waals surface area contributed by atoms with Crippen molar-refractivity contribution < 1.29 is 28.9 Å². The molecule has 2 aliphatic heterocycles. The minimum atomic E-state index is -0.789. The first-order valence-electron chi connectivity index (χ1n) is 15.2. The topological polar surface area (TPSA) is 88.5 Å². The van der Waals surface area contributed by atoms with E-state index < -0.39 is 17.7 Å². The Hall–Kier alpha value is -4.92. The molecular weight excluding hydrogens is 568 g/mol. The van der Waals surface area contributed by atoms with Crippen molar-refractivity contribution in [1.82, 2.24) is 9.80 Å². The van der Waals surface area contributed by atoms with E-state index in [-0.39, 0.29) is 11.3 Å². The van der Waals surface area contributed by atoms with Gasteiger partial charge in [0.15, 0.2) is 0 Å². The maximum atomic E-state index is 13.6. The van der Waals surface area contributed by atoms with Crippen LogP contribution >= 0.6 is 0 Å². The Morgan fingerprint density at radius 1 is 0.822 bits per heavy atom. The molecule has 0 spiro atoms. The Labute approximate surface area is 263 Å². The Kier molecular flexibility index (Phi) is 9.24. The molecule has 2 saturated heterocycles. The summed E-state index contributed by atoms with van der Waals surface area (Å²) < 4.78 is 17.5. The highest BCUT2D eigenvalue weighted by Gasteiger charge is 2.46. The van der Waals surface area contributed by atoms with Crippen molar-refractivity contribution in [3.63, 3.8) is 0 Å². The van der Waals surface area contributed by atoms with Crippen molar-refractivity contribution >= 4 is 17.4 Å². The van der Waals surface area contributed by atoms with Gasteiger partial charge in [0.05, 0.1) is 24.8 Å². The largest absolute Gasteiger partial charge is 0.507 e. The second kappa shape index (κ2) is 13.8. The zero-order valence-electron chi connectivity index (χ0n) is 25.2. The molecule has 1 N–H and O–H groups in total. The molecule has 0 saturated carbocycles. The number of ether oxygens (including phenoxy) is 3. The highest BCUT2D eigenvalue weighted by Crippen LogP contribution is 2.40. The molecule has 0 aliphatic carbocycles. The molecule has 8 nitrogen and oxygen atoms in total. The molecule has 0 radical (unpaired) electrons. The average Bonchev–Trinajstić information content (AvgIpc) is 3.32. The Morgan fingerprint density at radius 2 is 1.56 bits per heavy atom. The van der Waals surface area contributed by atoms with Crippen LogP contribution in [0, 0.1) is 6.92 Å². The number of para-hydroxylation sites is 1. The minimum absolute atomic E-state index is 0.0484. The number of aryl methyl sites for hydroxylation is 1. The van der Waals surface area contributed by atoms with Gasteiger partial charge in [0.1, 0.15) is 29.6 Å². The predicted molar refractivity (Wildman–Crippen MR) is 171 cm³/mol. The second-order valence-electron chi connectivity index (χ2n) is 11.2. The predicted octanol–water partition coefficient (Wildman–Crippen LogP) is 6.12. The fourth-order valence-corrected chi connectivity index (χ4v) is 5.74. The van der Waals surface area contributed by atoms with E-state index in [4.69, 9.17) is 14.2 Å². The fourth-order valence-electron chi connectivity index (χ4n) is 5.74. The van der Waals surface area contributed by atoms with Gasteiger partial charge in [-0.2, -0.15) is 0 Å². The van der Waals surface area contributed by atoms with Crippen LogP contribution in [0.3, 0.4) is 0 Å². The number of aliphatic hydroxyl groups is 1. The van der Waals surface area contributed by atoms with E-state index in [0.29, 0.717) is 61.3 Å². The van der Waals surface area contributed by atoms with Crippen molar-refractivity contribution in [2.75, 3.05) is 39.4 Å². The van der Waals surface area contributed by atoms with Crippen LogP contribution in [-0.4, -0.2) is 66.0 Å². The van der Waals surface area contributed by atoms with Gasteiger partial charge in [-0.05, 0) is 66.6 Å². The summed E-state index contributed by atoms with van der Waals surface area (Å²) in [6.45, 7) is 6.12. The first kappa shape index (κ1) is 30.1. The monoisotopic (exact) mass is 604 g/mol. The smallest absolute Gasteiger partial charge is 0.295 e. The van der Waals surface area contributed by atoms with Crippen LogP contribution in [0.1, 0.15) is 28.3 Å². The molecule has 4 aromatic carbocycles. The van der Waals surface area contributed by atoms with Crippen molar-refractivity contribution in [2.24, 2.45) is 0 Å². The van der Waals surface area contributed by atoms with Gasteiger partial charge < -0.3 is 24.2 Å². The third kappa shape index (κ3) is 7.09. The van der Waals surface area contributed by atoms with E-state index in [1.807, 2.05) is 79.7 Å². The van der Waals surface area contributed by atoms with Gasteiger partial charge in [0.25, 0.3) is 11.7 Å². The van der Waals surface area contributed by atoms with Gasteiger partial charge in [-0.3, -0.25) is 14.5 Å². The molecule has 2 aliphatic rings. The second-order valence-corrected chi connectivity index (χ2v) is 11.2. The van der Waals surface area contributed by atoms with Crippen LogP contribution in [0.4, 0.5) is 0 Å². The van der Waals surface area contributed by atoms with Crippen molar-refractivity contribution in [3.05, 3.63) is 131 Å². The molecule has 6 rings (SSSR count). The van der Waals surface area contributed by atoms with Crippen LogP contribution in [0.25, 0.3) is 5.76 Å². The quantitative estimate of drug-likeness (QED) is 0.133. The molecule has 8 heteroatoms. The lowest BCUT2D eigenvalue weighted by Crippen LogP contribution is -2.42. The van der Waals surface area contributed by atoms with Gasteiger partial charge in [0.2, 0.25) is 0 Å². The lowest BCUT2D eigenvalue weighted by Gasteiger charge is -2.31. The summed E-state index contributed by atoms with van der Waals surface area (Å²) in [5, 5.41) is 11.6. The molecule has 230 valence electrons. The number of carbonyl (C=O) groups is 2. The van der Waals surface area contributed by atoms with Crippen LogP contribution in [0.15, 0.2) is 109 Å². The highest BCUT2D eigenvalue weighted by molar-refractivity contribution is 6.46. The lowest BCUT2D eigenvalue weighted by molar-refractivity contribution is -0.140. The zero-order valence-corrected chi connectivity index (χ0v) is 25.2. The summed E-state index contributed by atoms with van der Waals surface area (Å²) in [6.07, 6.45) is 0. The molecule has 4 aromatic rings. The maximum Gasteiger partial charge on any atom is 0.295 e. The van der Waals surface area contributed by atoms with E-state index in [1.165, 1.54) is 0 Å². The molecule has 2 heterocycles. The van der Waals surface area contributed by atoms with E-state index in [2.05, 4.69) is 11.0 Å². The number of Topliss-reactive ketones (excluding diaryl/α,β-unsaturated/α-hetero) is 1. The molecule has 1 unspecified atom stereocenters. The zero-order chi connectivity index (χ0) is 31.2. The minimum Gasteiger partial charge on any atom is -0.507 e. The van der Waals surface area contributed by atoms with Crippen molar-refractivity contribution in [3.8, 4) is 17.2 Å². The molecule has 2 fully saturated rings. The normalized spacial score (nSPS) is 18.2. The van der Waals surface area contributed by atoms with Crippen molar-refractivity contribution in [2.45, 2.75) is 19.6 Å². The number of benzene rings is 4. The number of carbonyl (C=O) groups excluding carboxylic acids is 2. The van der Waals surface area contributed by atoms with Crippen LogP contribution in [0.2, 0.25) is 0 Å². The first-order chi connectivity index (χ1) is 22.0. The van der Waals surface area contributed by atoms with Crippen molar-refractivity contribution in [1.29, 1.82) is 0 Å². The molecule has 1 atom stereocenters. The third-order valence-electron chi connectivity index (χ3n) is 8.07. The van der Waals surface area contributed by atoms with Gasteiger partial charge >= 0.3 is 0 Å². The third-order valence-corrected chi connectivity index (χ3v) is 8.07. The van der Waals surface area contributed by atoms with E-state index in [1.54, 1.807) is 29.2 Å². The summed E-state index contributed by atoms with van der Waals surface area (Å²) in [6, 6.07) is 30.9. The summed E-state index contributed by atoms with van der Waals surface area (Å²) in [5.74, 6) is 0.275.